The number of nitrogens with one attached hydrogen (secondary N) is 1. The van der Waals surface area contributed by atoms with Crippen molar-refractivity contribution < 1.29 is 24.5 Å². The molecular weight excluding hydrogens is 707 g/mol. The highest BCUT2D eigenvalue weighted by molar-refractivity contribution is 5.77. The van der Waals surface area contributed by atoms with E-state index < -0.39 is 18.2 Å². The van der Waals surface area contributed by atoms with Gasteiger partial charge in [0, 0.05) is 6.42 Å². The fourth-order valence-electron chi connectivity index (χ4n) is 7.94. The Labute approximate surface area is 355 Å². The molecule has 0 aromatic carbocycles. The first kappa shape index (κ1) is 55.6. The Hall–Kier alpha value is -1.40. The van der Waals surface area contributed by atoms with Crippen molar-refractivity contribution >= 4 is 11.9 Å². The Balaban J connectivity index is 4.52. The summed E-state index contributed by atoms with van der Waals surface area (Å²) >= 11 is 0. The van der Waals surface area contributed by atoms with Crippen LogP contribution in [0.4, 0.5) is 0 Å². The lowest BCUT2D eigenvalue weighted by atomic mass is 10.0. The van der Waals surface area contributed by atoms with Gasteiger partial charge in [0.1, 0.15) is 6.10 Å². The average molecular weight is 806 g/mol. The number of amides is 1. The number of unbranched alkanes of at least 4 members (excludes halogenated alkanes) is 32. The lowest BCUT2D eigenvalue weighted by Gasteiger charge is -2.24. The van der Waals surface area contributed by atoms with Crippen LogP contribution in [-0.4, -0.2) is 46.9 Å². The molecule has 0 rings (SSSR count). The molecule has 338 valence electrons. The van der Waals surface area contributed by atoms with Crippen LogP contribution in [0.1, 0.15) is 278 Å². The van der Waals surface area contributed by atoms with Gasteiger partial charge in [0.25, 0.3) is 0 Å². The lowest BCUT2D eigenvalue weighted by molar-refractivity contribution is -0.151. The maximum atomic E-state index is 13.2. The van der Waals surface area contributed by atoms with E-state index in [2.05, 4.69) is 38.2 Å². The van der Waals surface area contributed by atoms with Gasteiger partial charge in [-0.3, -0.25) is 9.59 Å². The summed E-state index contributed by atoms with van der Waals surface area (Å²) in [5.74, 6) is -0.469. The normalized spacial score (nSPS) is 13.3. The zero-order chi connectivity index (χ0) is 41.7. The molecule has 0 aliphatic carbocycles. The molecule has 0 spiro atoms. The second-order valence-electron chi connectivity index (χ2n) is 17.6. The fraction of sp³-hybridized carbons (Fsp3) is 0.922. The second-order valence-corrected chi connectivity index (χ2v) is 17.6. The predicted octanol–water partition coefficient (Wildman–Crippen LogP) is 15.0. The average Bonchev–Trinajstić information content (AvgIpc) is 3.20. The van der Waals surface area contributed by atoms with Crippen molar-refractivity contribution in [3.05, 3.63) is 12.2 Å². The first-order valence-corrected chi connectivity index (χ1v) is 25.4. The standard InChI is InChI=1S/C51H99NO5/c1-4-7-10-13-16-19-22-23-24-25-26-27-29-30-33-36-39-42-47(57-51(56)44-41-38-35-32-28-20-17-14-11-8-5-2)45-50(55)52-48(46-53)49(54)43-40-37-34-31-21-18-15-12-9-6-3/h14,17,47-49,53-54H,4-13,15-16,18-46H2,1-3H3,(H,52,55)/b17-14-. The van der Waals surface area contributed by atoms with Crippen LogP contribution in [0.15, 0.2) is 12.2 Å². The Bertz CT molecular complexity index is 863. The van der Waals surface area contributed by atoms with E-state index in [1.54, 1.807) is 0 Å². The minimum Gasteiger partial charge on any atom is -0.462 e. The minimum absolute atomic E-state index is 0.0812. The molecule has 0 aromatic heterocycles. The first-order chi connectivity index (χ1) is 28.0. The summed E-state index contributed by atoms with van der Waals surface area (Å²) in [5.41, 5.74) is 0. The van der Waals surface area contributed by atoms with Gasteiger partial charge in [-0.15, -0.1) is 0 Å². The summed E-state index contributed by atoms with van der Waals surface area (Å²) in [6.45, 7) is 6.45. The van der Waals surface area contributed by atoms with Gasteiger partial charge in [-0.1, -0.05) is 232 Å². The Morgan fingerprint density at radius 1 is 0.491 bits per heavy atom. The molecule has 6 heteroatoms. The van der Waals surface area contributed by atoms with Crippen molar-refractivity contribution in [2.75, 3.05) is 6.61 Å². The van der Waals surface area contributed by atoms with Crippen molar-refractivity contribution in [1.82, 2.24) is 5.32 Å². The number of hydrogen-bond donors (Lipinski definition) is 3. The largest absolute Gasteiger partial charge is 0.462 e. The van der Waals surface area contributed by atoms with E-state index >= 15 is 0 Å². The van der Waals surface area contributed by atoms with E-state index in [1.165, 1.54) is 180 Å². The van der Waals surface area contributed by atoms with Crippen LogP contribution in [0, 0.1) is 0 Å². The summed E-state index contributed by atoms with van der Waals surface area (Å²) < 4.78 is 5.92. The smallest absolute Gasteiger partial charge is 0.306 e. The molecule has 3 N–H and O–H groups in total. The molecular formula is C51H99NO5. The summed E-state index contributed by atoms with van der Waals surface area (Å²) in [6.07, 6.45) is 49.9. The molecule has 0 fully saturated rings. The molecule has 57 heavy (non-hydrogen) atoms. The molecule has 0 aromatic rings. The molecule has 1 amide bonds. The van der Waals surface area contributed by atoms with Crippen LogP contribution < -0.4 is 5.32 Å². The number of carbonyl (C=O) groups excluding carboxylic acids is 2. The maximum absolute atomic E-state index is 13.2. The number of carbonyl (C=O) groups is 2. The van der Waals surface area contributed by atoms with Crippen molar-refractivity contribution in [3.63, 3.8) is 0 Å². The number of hydrogen-bond acceptors (Lipinski definition) is 5. The predicted molar refractivity (Wildman–Crippen MR) is 246 cm³/mol. The minimum atomic E-state index is -0.781. The second kappa shape index (κ2) is 45.7. The maximum Gasteiger partial charge on any atom is 0.306 e. The lowest BCUT2D eigenvalue weighted by Crippen LogP contribution is -2.46. The number of rotatable bonds is 46. The molecule has 0 aliphatic rings. The SMILES string of the molecule is CCCC/C=C\CCCCCCCC(=O)OC(CCCCCCCCCCCCCCCCCCC)CC(=O)NC(CO)C(O)CCCCCCCCCCCC. The van der Waals surface area contributed by atoms with E-state index in [1.807, 2.05) is 0 Å². The van der Waals surface area contributed by atoms with E-state index in [0.717, 1.165) is 51.4 Å². The van der Waals surface area contributed by atoms with Gasteiger partial charge in [-0.05, 0) is 44.9 Å². The fourth-order valence-corrected chi connectivity index (χ4v) is 7.94. The Morgan fingerprint density at radius 3 is 1.30 bits per heavy atom. The van der Waals surface area contributed by atoms with Gasteiger partial charge in [-0.25, -0.2) is 0 Å². The van der Waals surface area contributed by atoms with Gasteiger partial charge in [-0.2, -0.15) is 0 Å². The van der Waals surface area contributed by atoms with E-state index in [9.17, 15) is 19.8 Å². The molecule has 3 unspecified atom stereocenters. The number of esters is 1. The van der Waals surface area contributed by atoms with Crippen molar-refractivity contribution in [1.29, 1.82) is 0 Å². The topological polar surface area (TPSA) is 95.9 Å². The quantitative estimate of drug-likeness (QED) is 0.0323. The highest BCUT2D eigenvalue weighted by Gasteiger charge is 2.24. The first-order valence-electron chi connectivity index (χ1n) is 25.4. The highest BCUT2D eigenvalue weighted by Crippen LogP contribution is 2.18. The number of ether oxygens (including phenoxy) is 1. The number of aliphatic hydroxyl groups excluding tert-OH is 2. The van der Waals surface area contributed by atoms with Crippen LogP contribution in [0.5, 0.6) is 0 Å². The van der Waals surface area contributed by atoms with Crippen molar-refractivity contribution in [2.24, 2.45) is 0 Å². The number of aliphatic hydroxyl groups is 2. The third kappa shape index (κ3) is 41.1. The van der Waals surface area contributed by atoms with Gasteiger partial charge in [0.2, 0.25) is 5.91 Å². The molecule has 6 nitrogen and oxygen atoms in total. The highest BCUT2D eigenvalue weighted by atomic mass is 16.5. The van der Waals surface area contributed by atoms with Gasteiger partial charge >= 0.3 is 5.97 Å². The summed E-state index contributed by atoms with van der Waals surface area (Å²) in [7, 11) is 0. The zero-order valence-electron chi connectivity index (χ0n) is 38.5. The van der Waals surface area contributed by atoms with Crippen LogP contribution >= 0.6 is 0 Å². The van der Waals surface area contributed by atoms with E-state index in [0.29, 0.717) is 19.3 Å². The van der Waals surface area contributed by atoms with Crippen LogP contribution in [0.3, 0.4) is 0 Å². The molecule has 0 radical (unpaired) electrons. The van der Waals surface area contributed by atoms with Gasteiger partial charge < -0.3 is 20.3 Å². The molecule has 0 heterocycles. The zero-order valence-corrected chi connectivity index (χ0v) is 38.5. The van der Waals surface area contributed by atoms with E-state index in [-0.39, 0.29) is 24.9 Å². The van der Waals surface area contributed by atoms with Crippen molar-refractivity contribution in [2.45, 2.75) is 296 Å². The molecule has 0 saturated carbocycles. The Morgan fingerprint density at radius 2 is 0.860 bits per heavy atom. The van der Waals surface area contributed by atoms with Crippen LogP contribution in [0.25, 0.3) is 0 Å². The molecule has 0 aliphatic heterocycles. The molecule has 0 bridgehead atoms. The third-order valence-corrected chi connectivity index (χ3v) is 11.8. The van der Waals surface area contributed by atoms with Crippen LogP contribution in [-0.2, 0) is 14.3 Å². The third-order valence-electron chi connectivity index (χ3n) is 11.8. The molecule has 3 atom stereocenters. The monoisotopic (exact) mass is 806 g/mol. The van der Waals surface area contributed by atoms with Crippen LogP contribution in [0.2, 0.25) is 0 Å². The molecule has 0 saturated heterocycles. The Kier molecular flexibility index (Phi) is 44.6. The van der Waals surface area contributed by atoms with Crippen molar-refractivity contribution in [3.8, 4) is 0 Å². The summed E-state index contributed by atoms with van der Waals surface area (Å²) in [6, 6.07) is -0.695. The number of allylic oxidation sites excluding steroid dienone is 2. The van der Waals surface area contributed by atoms with Gasteiger partial charge in [0.05, 0.1) is 25.2 Å². The van der Waals surface area contributed by atoms with Gasteiger partial charge in [0.15, 0.2) is 0 Å². The summed E-state index contributed by atoms with van der Waals surface area (Å²) in [5, 5.41) is 23.7. The summed E-state index contributed by atoms with van der Waals surface area (Å²) in [4.78, 5) is 26.1. The van der Waals surface area contributed by atoms with E-state index in [4.69, 9.17) is 4.74 Å².